The summed E-state index contributed by atoms with van der Waals surface area (Å²) in [5.41, 5.74) is 0.889. The molecule has 0 fully saturated rings. The number of anilines is 1. The van der Waals surface area contributed by atoms with Gasteiger partial charge in [-0.3, -0.25) is 19.5 Å². The average Bonchev–Trinajstić information content (AvgIpc) is 2.77. The summed E-state index contributed by atoms with van der Waals surface area (Å²) in [6.07, 6.45) is 0.722. The molecule has 2 atom stereocenters. The molecule has 2 aromatic carbocycles. The minimum atomic E-state index is -0.888. The van der Waals surface area contributed by atoms with E-state index in [9.17, 15) is 9.59 Å². The van der Waals surface area contributed by atoms with Crippen molar-refractivity contribution in [2.24, 2.45) is 0 Å². The molecule has 0 aliphatic carbocycles. The monoisotopic (exact) mass is 433 g/mol. The second kappa shape index (κ2) is 8.49. The van der Waals surface area contributed by atoms with Crippen molar-refractivity contribution in [3.05, 3.63) is 60.8 Å². The van der Waals surface area contributed by atoms with Crippen LogP contribution in [-0.4, -0.2) is 41.1 Å². The lowest BCUT2D eigenvalue weighted by Gasteiger charge is -2.34. The highest BCUT2D eigenvalue weighted by Gasteiger charge is 2.37. The smallest absolute Gasteiger partial charge is 0.272 e. The van der Waals surface area contributed by atoms with Crippen molar-refractivity contribution in [3.63, 3.8) is 0 Å². The van der Waals surface area contributed by atoms with E-state index in [1.165, 1.54) is 4.90 Å². The third-order valence-electron chi connectivity index (χ3n) is 5.14. The Morgan fingerprint density at radius 3 is 2.53 bits per heavy atom. The van der Waals surface area contributed by atoms with Gasteiger partial charge in [-0.25, -0.2) is 0 Å². The molecule has 32 heavy (non-hydrogen) atoms. The Morgan fingerprint density at radius 2 is 1.78 bits per heavy atom. The van der Waals surface area contributed by atoms with Crippen LogP contribution in [0.4, 0.5) is 5.69 Å². The molecule has 4 rings (SSSR count). The van der Waals surface area contributed by atoms with Gasteiger partial charge in [0.2, 0.25) is 12.0 Å². The molecule has 1 aliphatic rings. The number of fused-ring (bicyclic) bond motifs is 2. The molecule has 7 heteroatoms. The zero-order valence-corrected chi connectivity index (χ0v) is 18.7. The number of benzene rings is 2. The van der Waals surface area contributed by atoms with Crippen molar-refractivity contribution >= 4 is 28.4 Å². The van der Waals surface area contributed by atoms with Gasteiger partial charge in [0.1, 0.15) is 12.6 Å². The van der Waals surface area contributed by atoms with E-state index in [0.29, 0.717) is 17.2 Å². The highest BCUT2D eigenvalue weighted by molar-refractivity contribution is 6.04. The normalized spacial score (nSPS) is 16.3. The van der Waals surface area contributed by atoms with Gasteiger partial charge in [-0.15, -0.1) is 0 Å². The number of nitrogens with one attached hydrogen (secondary N) is 1. The molecule has 0 spiro atoms. The van der Waals surface area contributed by atoms with Gasteiger partial charge in [0.05, 0.1) is 17.4 Å². The Kier molecular flexibility index (Phi) is 5.74. The van der Waals surface area contributed by atoms with Gasteiger partial charge in [-0.2, -0.15) is 0 Å². The number of carbonyl (C=O) groups is 2. The summed E-state index contributed by atoms with van der Waals surface area (Å²) >= 11 is 0. The van der Waals surface area contributed by atoms with E-state index >= 15 is 0 Å². The number of aromatic nitrogens is 1. The number of carbonyl (C=O) groups excluding carboxylic acids is 2. The first-order valence-electron chi connectivity index (χ1n) is 10.6. The first kappa shape index (κ1) is 21.6. The zero-order valence-electron chi connectivity index (χ0n) is 18.7. The highest BCUT2D eigenvalue weighted by Crippen LogP contribution is 2.32. The topological polar surface area (TPSA) is 80.8 Å². The van der Waals surface area contributed by atoms with Crippen molar-refractivity contribution < 1.29 is 19.1 Å². The number of rotatable bonds is 4. The molecule has 0 bridgehead atoms. The van der Waals surface area contributed by atoms with Gasteiger partial charge in [-0.05, 0) is 52.0 Å². The van der Waals surface area contributed by atoms with Crippen LogP contribution in [0.3, 0.4) is 0 Å². The summed E-state index contributed by atoms with van der Waals surface area (Å²) in [5, 5.41) is 3.83. The van der Waals surface area contributed by atoms with E-state index in [1.54, 1.807) is 25.3 Å². The summed E-state index contributed by atoms with van der Waals surface area (Å²) in [7, 11) is 0. The van der Waals surface area contributed by atoms with E-state index in [1.807, 2.05) is 63.2 Å². The predicted octanol–water partition coefficient (Wildman–Crippen LogP) is 3.71. The molecular weight excluding hydrogens is 406 g/mol. The molecule has 0 saturated carbocycles. The lowest BCUT2D eigenvalue weighted by molar-refractivity contribution is -0.131. The Morgan fingerprint density at radius 1 is 1.09 bits per heavy atom. The number of nitrogens with zero attached hydrogens (tertiary/aromatic N) is 2. The van der Waals surface area contributed by atoms with Crippen LogP contribution in [0, 0.1) is 0 Å². The van der Waals surface area contributed by atoms with Crippen molar-refractivity contribution in [2.75, 3.05) is 11.5 Å². The zero-order chi connectivity index (χ0) is 22.9. The maximum absolute atomic E-state index is 13.7. The Hall–Kier alpha value is -3.61. The van der Waals surface area contributed by atoms with Crippen LogP contribution < -0.4 is 19.7 Å². The number of hydrogen-bond acceptors (Lipinski definition) is 5. The number of hydrogen-bond donors (Lipinski definition) is 1. The largest absolute Gasteiger partial charge is 0.485 e. The number of para-hydroxylation sites is 3. The lowest BCUT2D eigenvalue weighted by atomic mass is 10.1. The van der Waals surface area contributed by atoms with Crippen LogP contribution in [0.25, 0.3) is 10.9 Å². The third-order valence-corrected chi connectivity index (χ3v) is 5.14. The lowest BCUT2D eigenvalue weighted by Crippen LogP contribution is -2.56. The third kappa shape index (κ3) is 4.51. The Labute approximate surface area is 187 Å². The number of ether oxygens (including phenoxy) is 2. The van der Waals surface area contributed by atoms with Gasteiger partial charge < -0.3 is 14.8 Å². The summed E-state index contributed by atoms with van der Waals surface area (Å²) in [5.74, 6) is 0.457. The first-order valence-corrected chi connectivity index (χ1v) is 10.6. The molecule has 1 aromatic heterocycles. The van der Waals surface area contributed by atoms with Gasteiger partial charge in [-0.1, -0.05) is 30.3 Å². The quantitative estimate of drug-likeness (QED) is 0.678. The number of pyridine rings is 1. The van der Waals surface area contributed by atoms with E-state index in [4.69, 9.17) is 9.47 Å². The SMILES string of the molecule is C[C@H](C(=O)NC(C)(C)C)N(C(=O)[C@@H]1COc2ccccc2O1)c1cnc2ccccc2c1. The highest BCUT2D eigenvalue weighted by atomic mass is 16.6. The van der Waals surface area contributed by atoms with Crippen LogP contribution in [-0.2, 0) is 9.59 Å². The van der Waals surface area contributed by atoms with Crippen molar-refractivity contribution in [1.29, 1.82) is 0 Å². The standard InChI is InChI=1S/C25H27N3O4/c1-16(23(29)27-25(2,3)4)28(18-13-17-9-5-6-10-19(17)26-14-18)24(30)22-15-31-20-11-7-8-12-21(20)32-22/h5-14,16,22H,15H2,1-4H3,(H,27,29)/t16-,22+/m1/s1. The van der Waals surface area contributed by atoms with Crippen LogP contribution in [0.5, 0.6) is 11.5 Å². The summed E-state index contributed by atoms with van der Waals surface area (Å²) in [6, 6.07) is 15.9. The molecule has 1 aliphatic heterocycles. The van der Waals surface area contributed by atoms with Gasteiger partial charge in [0, 0.05) is 10.9 Å². The first-order chi connectivity index (χ1) is 15.2. The second-order valence-electron chi connectivity index (χ2n) is 8.87. The molecule has 7 nitrogen and oxygen atoms in total. The van der Waals surface area contributed by atoms with Crippen LogP contribution in [0.1, 0.15) is 27.7 Å². The molecule has 0 unspecified atom stereocenters. The Bertz CT molecular complexity index is 1160. The minimum Gasteiger partial charge on any atom is -0.485 e. The molecule has 166 valence electrons. The van der Waals surface area contributed by atoms with Crippen LogP contribution >= 0.6 is 0 Å². The van der Waals surface area contributed by atoms with Gasteiger partial charge in [0.15, 0.2) is 11.5 Å². The fourth-order valence-electron chi connectivity index (χ4n) is 3.62. The molecule has 0 saturated heterocycles. The molecule has 3 aromatic rings. The van der Waals surface area contributed by atoms with Crippen LogP contribution in [0.2, 0.25) is 0 Å². The fourth-order valence-corrected chi connectivity index (χ4v) is 3.62. The molecule has 0 radical (unpaired) electrons. The van der Waals surface area contributed by atoms with E-state index < -0.39 is 17.7 Å². The van der Waals surface area contributed by atoms with Crippen molar-refractivity contribution in [2.45, 2.75) is 45.4 Å². The van der Waals surface area contributed by atoms with E-state index in [0.717, 1.165) is 10.9 Å². The molecule has 2 amide bonds. The van der Waals surface area contributed by atoms with Crippen molar-refractivity contribution in [1.82, 2.24) is 10.3 Å². The molecular formula is C25H27N3O4. The average molecular weight is 434 g/mol. The predicted molar refractivity (Wildman–Crippen MR) is 123 cm³/mol. The minimum absolute atomic E-state index is 0.0565. The second-order valence-corrected chi connectivity index (χ2v) is 8.87. The maximum Gasteiger partial charge on any atom is 0.272 e. The van der Waals surface area contributed by atoms with E-state index in [-0.39, 0.29) is 18.4 Å². The maximum atomic E-state index is 13.7. The van der Waals surface area contributed by atoms with Gasteiger partial charge >= 0.3 is 0 Å². The molecule has 2 heterocycles. The van der Waals surface area contributed by atoms with Crippen LogP contribution in [0.15, 0.2) is 60.8 Å². The Balaban J connectivity index is 1.69. The van der Waals surface area contributed by atoms with Gasteiger partial charge in [0.25, 0.3) is 5.91 Å². The fraction of sp³-hybridized carbons (Fsp3) is 0.320. The number of amides is 2. The molecule has 1 N–H and O–H groups in total. The summed E-state index contributed by atoms with van der Waals surface area (Å²) in [4.78, 5) is 32.6. The van der Waals surface area contributed by atoms with E-state index in [2.05, 4.69) is 10.3 Å². The summed E-state index contributed by atoms with van der Waals surface area (Å²) in [6.45, 7) is 7.45. The van der Waals surface area contributed by atoms with Crippen molar-refractivity contribution in [3.8, 4) is 11.5 Å². The summed E-state index contributed by atoms with van der Waals surface area (Å²) < 4.78 is 11.7.